The highest BCUT2D eigenvalue weighted by atomic mass is 16.5. The molecule has 98 valence electrons. The first-order chi connectivity index (χ1) is 8.17. The van der Waals surface area contributed by atoms with Gasteiger partial charge in [-0.1, -0.05) is 6.92 Å². The first-order valence-corrected chi connectivity index (χ1v) is 6.27. The fourth-order valence-electron chi connectivity index (χ4n) is 2.00. The molecule has 0 atom stereocenters. The summed E-state index contributed by atoms with van der Waals surface area (Å²) in [4.78, 5) is 24.6. The zero-order valence-corrected chi connectivity index (χ0v) is 10.7. The number of rotatable bonds is 4. The molecule has 0 unspecified atom stereocenters. The van der Waals surface area contributed by atoms with Crippen molar-refractivity contribution in [2.75, 3.05) is 26.7 Å². The van der Waals surface area contributed by atoms with Crippen LogP contribution in [0.3, 0.4) is 0 Å². The van der Waals surface area contributed by atoms with Crippen molar-refractivity contribution < 1.29 is 14.3 Å². The van der Waals surface area contributed by atoms with Crippen LogP contribution in [-0.4, -0.2) is 43.6 Å². The van der Waals surface area contributed by atoms with Gasteiger partial charge in [0.2, 0.25) is 0 Å². The Hall–Kier alpha value is -1.26. The van der Waals surface area contributed by atoms with Crippen molar-refractivity contribution in [3.63, 3.8) is 0 Å². The Morgan fingerprint density at radius 2 is 2.00 bits per heavy atom. The van der Waals surface area contributed by atoms with Gasteiger partial charge in [-0.3, -0.25) is 4.79 Å². The number of likely N-dealkylation sites (tertiary alicyclic amines) is 1. The Morgan fingerprint density at radius 1 is 1.35 bits per heavy atom. The molecule has 0 aliphatic carbocycles. The van der Waals surface area contributed by atoms with Crippen molar-refractivity contribution in [1.29, 1.82) is 0 Å². The molecule has 1 saturated heterocycles. The molecule has 1 N–H and O–H groups in total. The summed E-state index contributed by atoms with van der Waals surface area (Å²) in [5.41, 5.74) is 0. The summed E-state index contributed by atoms with van der Waals surface area (Å²) in [7, 11) is 1.41. The molecule has 1 aliphatic rings. The summed E-state index contributed by atoms with van der Waals surface area (Å²) in [6.07, 6.45) is 3.19. The summed E-state index contributed by atoms with van der Waals surface area (Å²) in [6.45, 7) is 4.22. The van der Waals surface area contributed by atoms with Crippen molar-refractivity contribution in [1.82, 2.24) is 10.2 Å². The van der Waals surface area contributed by atoms with Gasteiger partial charge in [0, 0.05) is 26.1 Å². The van der Waals surface area contributed by atoms with Crippen LogP contribution in [0.25, 0.3) is 0 Å². The monoisotopic (exact) mass is 242 g/mol. The molecule has 0 aromatic heterocycles. The number of hydrogen-bond acceptors (Lipinski definition) is 3. The third kappa shape index (κ3) is 4.63. The molecule has 17 heavy (non-hydrogen) atoms. The highest BCUT2D eigenvalue weighted by Gasteiger charge is 2.24. The highest BCUT2D eigenvalue weighted by Crippen LogP contribution is 2.20. The Bertz CT molecular complexity index is 260. The zero-order chi connectivity index (χ0) is 12.7. The number of carbonyl (C=O) groups is 2. The number of amides is 2. The number of urea groups is 1. The molecule has 0 saturated carbocycles. The van der Waals surface area contributed by atoms with Crippen LogP contribution >= 0.6 is 0 Å². The molecule has 1 heterocycles. The largest absolute Gasteiger partial charge is 0.469 e. The Balaban J connectivity index is 2.25. The maximum Gasteiger partial charge on any atom is 0.317 e. The third-order valence-electron chi connectivity index (χ3n) is 3.11. The average molecular weight is 242 g/mol. The fourth-order valence-corrected chi connectivity index (χ4v) is 2.00. The van der Waals surface area contributed by atoms with E-state index in [0.29, 0.717) is 12.3 Å². The molecule has 1 aliphatic heterocycles. The molecule has 0 aromatic carbocycles. The minimum Gasteiger partial charge on any atom is -0.469 e. The molecule has 0 bridgehead atoms. The molecule has 2 amide bonds. The van der Waals surface area contributed by atoms with E-state index in [2.05, 4.69) is 10.1 Å². The van der Waals surface area contributed by atoms with E-state index in [1.165, 1.54) is 7.11 Å². The summed E-state index contributed by atoms with van der Waals surface area (Å²) in [6, 6.07) is 0.0170. The number of piperidine rings is 1. The quantitative estimate of drug-likeness (QED) is 0.758. The maximum atomic E-state index is 11.7. The second-order valence-corrected chi connectivity index (χ2v) is 4.44. The molecule has 5 heteroatoms. The van der Waals surface area contributed by atoms with E-state index in [0.717, 1.165) is 38.9 Å². The van der Waals surface area contributed by atoms with E-state index < -0.39 is 0 Å². The molecule has 1 fully saturated rings. The van der Waals surface area contributed by atoms with Gasteiger partial charge >= 0.3 is 12.0 Å². The topological polar surface area (TPSA) is 58.6 Å². The van der Waals surface area contributed by atoms with E-state index in [9.17, 15) is 9.59 Å². The number of carbonyl (C=O) groups excluding carboxylic acids is 2. The molecule has 1 rings (SSSR count). The van der Waals surface area contributed by atoms with Gasteiger partial charge in [-0.25, -0.2) is 4.79 Å². The maximum absolute atomic E-state index is 11.7. The lowest BCUT2D eigenvalue weighted by molar-refractivity contribution is -0.142. The first kappa shape index (κ1) is 13.8. The van der Waals surface area contributed by atoms with Gasteiger partial charge in [0.1, 0.15) is 0 Å². The number of methoxy groups -OCH3 is 1. The minimum absolute atomic E-state index is 0.0170. The Morgan fingerprint density at radius 3 is 2.53 bits per heavy atom. The smallest absolute Gasteiger partial charge is 0.317 e. The van der Waals surface area contributed by atoms with Gasteiger partial charge in [-0.15, -0.1) is 0 Å². The van der Waals surface area contributed by atoms with E-state index in [1.807, 2.05) is 11.8 Å². The lowest BCUT2D eigenvalue weighted by Gasteiger charge is -2.31. The standard InChI is InChI=1S/C12H22N2O3/c1-3-6-13-12(16)14-7-4-10(5-8-14)9-11(15)17-2/h10H,3-9H2,1-2H3,(H,13,16). The summed E-state index contributed by atoms with van der Waals surface area (Å²) in [5, 5.41) is 2.86. The van der Waals surface area contributed by atoms with E-state index in [4.69, 9.17) is 0 Å². The number of nitrogens with one attached hydrogen (secondary N) is 1. The Labute approximate surface area is 102 Å². The molecule has 5 nitrogen and oxygen atoms in total. The second kappa shape index (κ2) is 7.14. The van der Waals surface area contributed by atoms with Gasteiger partial charge < -0.3 is 15.0 Å². The SMILES string of the molecule is CCCNC(=O)N1CCC(CC(=O)OC)CC1. The normalized spacial score (nSPS) is 16.7. The van der Waals surface area contributed by atoms with E-state index in [1.54, 1.807) is 0 Å². The molecule has 0 aromatic rings. The van der Waals surface area contributed by atoms with Gasteiger partial charge in [-0.05, 0) is 25.2 Å². The second-order valence-electron chi connectivity index (χ2n) is 4.44. The highest BCUT2D eigenvalue weighted by molar-refractivity contribution is 5.74. The Kier molecular flexibility index (Phi) is 5.80. The van der Waals surface area contributed by atoms with Crippen LogP contribution in [0.5, 0.6) is 0 Å². The molecular formula is C12H22N2O3. The fraction of sp³-hybridized carbons (Fsp3) is 0.833. The van der Waals surface area contributed by atoms with Crippen molar-refractivity contribution in [2.24, 2.45) is 5.92 Å². The van der Waals surface area contributed by atoms with Crippen LogP contribution in [0, 0.1) is 5.92 Å². The average Bonchev–Trinajstić information content (AvgIpc) is 2.36. The number of ether oxygens (including phenoxy) is 1. The summed E-state index contributed by atoms with van der Waals surface area (Å²) < 4.78 is 4.65. The third-order valence-corrected chi connectivity index (χ3v) is 3.11. The van der Waals surface area contributed by atoms with Gasteiger partial charge in [0.05, 0.1) is 7.11 Å². The first-order valence-electron chi connectivity index (χ1n) is 6.27. The lowest BCUT2D eigenvalue weighted by atomic mass is 9.94. The van der Waals surface area contributed by atoms with Crippen molar-refractivity contribution >= 4 is 12.0 Å². The van der Waals surface area contributed by atoms with Gasteiger partial charge in [0.15, 0.2) is 0 Å². The number of esters is 1. The van der Waals surface area contributed by atoms with Gasteiger partial charge in [0.25, 0.3) is 0 Å². The van der Waals surface area contributed by atoms with Crippen LogP contribution in [0.15, 0.2) is 0 Å². The summed E-state index contributed by atoms with van der Waals surface area (Å²) in [5.74, 6) is 0.205. The minimum atomic E-state index is -0.154. The van der Waals surface area contributed by atoms with E-state index >= 15 is 0 Å². The molecule has 0 radical (unpaired) electrons. The predicted octanol–water partition coefficient (Wildman–Crippen LogP) is 1.38. The number of hydrogen-bond donors (Lipinski definition) is 1. The van der Waals surface area contributed by atoms with Crippen LogP contribution in [-0.2, 0) is 9.53 Å². The van der Waals surface area contributed by atoms with Crippen LogP contribution in [0.2, 0.25) is 0 Å². The van der Waals surface area contributed by atoms with Crippen molar-refractivity contribution in [3.05, 3.63) is 0 Å². The van der Waals surface area contributed by atoms with Gasteiger partial charge in [-0.2, -0.15) is 0 Å². The number of nitrogens with zero attached hydrogens (tertiary/aromatic N) is 1. The molecular weight excluding hydrogens is 220 g/mol. The van der Waals surface area contributed by atoms with Crippen molar-refractivity contribution in [3.8, 4) is 0 Å². The van der Waals surface area contributed by atoms with Crippen LogP contribution in [0.1, 0.15) is 32.6 Å². The predicted molar refractivity (Wildman–Crippen MR) is 64.6 cm³/mol. The zero-order valence-electron chi connectivity index (χ0n) is 10.7. The van der Waals surface area contributed by atoms with Crippen LogP contribution in [0.4, 0.5) is 4.79 Å². The lowest BCUT2D eigenvalue weighted by Crippen LogP contribution is -2.44. The van der Waals surface area contributed by atoms with E-state index in [-0.39, 0.29) is 12.0 Å². The molecule has 0 spiro atoms. The summed E-state index contributed by atoms with van der Waals surface area (Å²) >= 11 is 0. The van der Waals surface area contributed by atoms with Crippen LogP contribution < -0.4 is 5.32 Å². The van der Waals surface area contributed by atoms with Crippen molar-refractivity contribution in [2.45, 2.75) is 32.6 Å².